The van der Waals surface area contributed by atoms with E-state index >= 15 is 0 Å². The minimum Gasteiger partial charge on any atom is -0.312 e. The summed E-state index contributed by atoms with van der Waals surface area (Å²) in [5, 5.41) is 3.74. The van der Waals surface area contributed by atoms with Crippen LogP contribution in [-0.4, -0.2) is 62.2 Å². The molecular weight excluding hydrogens is 234 g/mol. The Kier molecular flexibility index (Phi) is 6.78. The first-order valence-corrected chi connectivity index (χ1v) is 7.96. The Morgan fingerprint density at radius 3 is 2.21 bits per heavy atom. The summed E-state index contributed by atoms with van der Waals surface area (Å²) in [5.41, 5.74) is 0.341. The Morgan fingerprint density at radius 1 is 1.21 bits per heavy atom. The zero-order valence-corrected chi connectivity index (χ0v) is 14.0. The highest BCUT2D eigenvalue weighted by Crippen LogP contribution is 2.22. The fraction of sp³-hybridized carbons (Fsp3) is 1.00. The van der Waals surface area contributed by atoms with Crippen LogP contribution in [0.1, 0.15) is 47.0 Å². The van der Waals surface area contributed by atoms with E-state index in [1.165, 1.54) is 38.9 Å². The fourth-order valence-corrected chi connectivity index (χ4v) is 2.84. The van der Waals surface area contributed by atoms with Crippen LogP contribution < -0.4 is 5.32 Å². The first-order valence-electron chi connectivity index (χ1n) is 7.96. The van der Waals surface area contributed by atoms with Gasteiger partial charge < -0.3 is 15.1 Å². The van der Waals surface area contributed by atoms with E-state index in [0.717, 1.165) is 12.6 Å². The van der Waals surface area contributed by atoms with Crippen molar-refractivity contribution in [3.8, 4) is 0 Å². The molecule has 1 fully saturated rings. The van der Waals surface area contributed by atoms with Gasteiger partial charge in [0.1, 0.15) is 0 Å². The van der Waals surface area contributed by atoms with Crippen molar-refractivity contribution in [3.63, 3.8) is 0 Å². The molecule has 1 rings (SSSR count). The van der Waals surface area contributed by atoms with Gasteiger partial charge in [-0.3, -0.25) is 0 Å². The van der Waals surface area contributed by atoms with Gasteiger partial charge in [0.2, 0.25) is 0 Å². The van der Waals surface area contributed by atoms with E-state index in [9.17, 15) is 0 Å². The van der Waals surface area contributed by atoms with Crippen molar-refractivity contribution >= 4 is 0 Å². The number of piperidine rings is 1. The summed E-state index contributed by atoms with van der Waals surface area (Å²) in [5.74, 6) is 0. The van der Waals surface area contributed by atoms with Crippen molar-refractivity contribution in [1.82, 2.24) is 15.1 Å². The standard InChI is InChI=1S/C16H35N3/c1-7-10-17-15(16(2,3)4)13-19-11-8-14(9-12-19)18(5)6/h14-15,17H,7-13H2,1-6H3. The largest absolute Gasteiger partial charge is 0.312 e. The molecule has 19 heavy (non-hydrogen) atoms. The van der Waals surface area contributed by atoms with Gasteiger partial charge in [0.15, 0.2) is 0 Å². The lowest BCUT2D eigenvalue weighted by atomic mass is 9.86. The molecule has 3 heteroatoms. The van der Waals surface area contributed by atoms with Crippen LogP contribution in [0.3, 0.4) is 0 Å². The molecule has 0 aliphatic carbocycles. The molecule has 1 aliphatic rings. The predicted octanol–water partition coefficient (Wildman–Crippen LogP) is 2.43. The Labute approximate surface area is 120 Å². The van der Waals surface area contributed by atoms with E-state index < -0.39 is 0 Å². The zero-order valence-electron chi connectivity index (χ0n) is 14.0. The number of nitrogens with zero attached hydrogens (tertiary/aromatic N) is 2. The van der Waals surface area contributed by atoms with E-state index in [-0.39, 0.29) is 0 Å². The maximum absolute atomic E-state index is 3.74. The van der Waals surface area contributed by atoms with Crippen LogP contribution >= 0.6 is 0 Å². The lowest BCUT2D eigenvalue weighted by Gasteiger charge is -2.40. The molecule has 0 radical (unpaired) electrons. The van der Waals surface area contributed by atoms with Crippen molar-refractivity contribution in [2.75, 3.05) is 40.3 Å². The van der Waals surface area contributed by atoms with Crippen molar-refractivity contribution in [3.05, 3.63) is 0 Å². The van der Waals surface area contributed by atoms with Crippen LogP contribution in [0.15, 0.2) is 0 Å². The van der Waals surface area contributed by atoms with Crippen LogP contribution in [0.4, 0.5) is 0 Å². The van der Waals surface area contributed by atoms with Gasteiger partial charge in [-0.2, -0.15) is 0 Å². The Balaban J connectivity index is 2.43. The molecule has 0 aromatic carbocycles. The third-order valence-corrected chi connectivity index (χ3v) is 4.41. The molecule has 1 unspecified atom stereocenters. The molecule has 0 bridgehead atoms. The van der Waals surface area contributed by atoms with E-state index in [0.29, 0.717) is 11.5 Å². The smallest absolute Gasteiger partial charge is 0.0243 e. The summed E-state index contributed by atoms with van der Waals surface area (Å²) in [7, 11) is 4.42. The van der Waals surface area contributed by atoms with E-state index in [1.54, 1.807) is 0 Å². The average molecular weight is 269 g/mol. The molecule has 3 nitrogen and oxygen atoms in total. The molecule has 0 aromatic rings. The Hall–Kier alpha value is -0.120. The molecule has 1 heterocycles. The van der Waals surface area contributed by atoms with Crippen molar-refractivity contribution in [2.24, 2.45) is 5.41 Å². The molecule has 0 saturated carbocycles. The topological polar surface area (TPSA) is 18.5 Å². The summed E-state index contributed by atoms with van der Waals surface area (Å²) in [6.45, 7) is 14.1. The van der Waals surface area contributed by atoms with Crippen LogP contribution in [0.2, 0.25) is 0 Å². The van der Waals surface area contributed by atoms with Crippen LogP contribution in [0, 0.1) is 5.41 Å². The van der Waals surface area contributed by atoms with Gasteiger partial charge in [0.25, 0.3) is 0 Å². The number of hydrogen-bond donors (Lipinski definition) is 1. The second kappa shape index (κ2) is 7.61. The molecule has 1 aliphatic heterocycles. The first kappa shape index (κ1) is 16.9. The molecule has 0 aromatic heterocycles. The maximum atomic E-state index is 3.74. The molecular formula is C16H35N3. The highest BCUT2D eigenvalue weighted by Gasteiger charge is 2.28. The maximum Gasteiger partial charge on any atom is 0.0243 e. The minimum absolute atomic E-state index is 0.341. The van der Waals surface area contributed by atoms with Crippen molar-refractivity contribution in [1.29, 1.82) is 0 Å². The molecule has 0 amide bonds. The van der Waals surface area contributed by atoms with E-state index in [2.05, 4.69) is 56.9 Å². The summed E-state index contributed by atoms with van der Waals surface area (Å²) < 4.78 is 0. The van der Waals surface area contributed by atoms with Gasteiger partial charge in [-0.25, -0.2) is 0 Å². The number of likely N-dealkylation sites (tertiary alicyclic amines) is 1. The van der Waals surface area contributed by atoms with Gasteiger partial charge in [-0.1, -0.05) is 27.7 Å². The zero-order chi connectivity index (χ0) is 14.5. The monoisotopic (exact) mass is 269 g/mol. The second-order valence-electron chi connectivity index (χ2n) is 7.37. The minimum atomic E-state index is 0.341. The Morgan fingerprint density at radius 2 is 1.79 bits per heavy atom. The van der Waals surface area contributed by atoms with Crippen LogP contribution in [0.5, 0.6) is 0 Å². The van der Waals surface area contributed by atoms with Crippen molar-refractivity contribution < 1.29 is 0 Å². The number of hydrogen-bond acceptors (Lipinski definition) is 3. The highest BCUT2D eigenvalue weighted by molar-refractivity contribution is 4.86. The third-order valence-electron chi connectivity index (χ3n) is 4.41. The highest BCUT2D eigenvalue weighted by atomic mass is 15.2. The summed E-state index contributed by atoms with van der Waals surface area (Å²) in [4.78, 5) is 5.03. The average Bonchev–Trinajstić information content (AvgIpc) is 2.33. The lowest BCUT2D eigenvalue weighted by molar-refractivity contribution is 0.113. The fourth-order valence-electron chi connectivity index (χ4n) is 2.84. The van der Waals surface area contributed by atoms with Gasteiger partial charge in [0.05, 0.1) is 0 Å². The van der Waals surface area contributed by atoms with E-state index in [1.807, 2.05) is 0 Å². The second-order valence-corrected chi connectivity index (χ2v) is 7.37. The summed E-state index contributed by atoms with van der Waals surface area (Å²) in [6.07, 6.45) is 3.85. The first-order chi connectivity index (χ1) is 8.84. The predicted molar refractivity (Wildman–Crippen MR) is 84.7 cm³/mol. The Bertz CT molecular complexity index is 237. The lowest BCUT2D eigenvalue weighted by Crippen LogP contribution is -2.51. The van der Waals surface area contributed by atoms with Crippen LogP contribution in [-0.2, 0) is 0 Å². The van der Waals surface area contributed by atoms with Gasteiger partial charge in [-0.05, 0) is 58.4 Å². The number of rotatable bonds is 6. The summed E-state index contributed by atoms with van der Waals surface area (Å²) in [6, 6.07) is 1.39. The van der Waals surface area contributed by atoms with E-state index in [4.69, 9.17) is 0 Å². The van der Waals surface area contributed by atoms with Gasteiger partial charge in [0, 0.05) is 18.6 Å². The molecule has 1 atom stereocenters. The molecule has 0 spiro atoms. The van der Waals surface area contributed by atoms with Gasteiger partial charge >= 0.3 is 0 Å². The number of nitrogens with one attached hydrogen (secondary N) is 1. The molecule has 1 saturated heterocycles. The third kappa shape index (κ3) is 5.80. The van der Waals surface area contributed by atoms with Crippen molar-refractivity contribution in [2.45, 2.75) is 59.0 Å². The molecule has 1 N–H and O–H groups in total. The normalized spacial score (nSPS) is 21.0. The SMILES string of the molecule is CCCNC(CN1CCC(N(C)C)CC1)C(C)(C)C. The quantitative estimate of drug-likeness (QED) is 0.799. The summed E-state index contributed by atoms with van der Waals surface area (Å²) >= 11 is 0. The molecule has 114 valence electrons. The van der Waals surface area contributed by atoms with Gasteiger partial charge in [-0.15, -0.1) is 0 Å². The van der Waals surface area contributed by atoms with Crippen LogP contribution in [0.25, 0.3) is 0 Å².